The first-order valence-electron chi connectivity index (χ1n) is 10.6. The van der Waals surface area contributed by atoms with E-state index in [-0.39, 0.29) is 11.9 Å². The molecule has 1 fully saturated rings. The van der Waals surface area contributed by atoms with Crippen molar-refractivity contribution in [1.82, 2.24) is 24.6 Å². The molecule has 31 heavy (non-hydrogen) atoms. The molecule has 4 heterocycles. The van der Waals surface area contributed by atoms with Gasteiger partial charge in [0.05, 0.1) is 24.2 Å². The number of nitrogens with one attached hydrogen (secondary N) is 1. The molecule has 1 N–H and O–H groups in total. The average molecular weight is 425 g/mol. The van der Waals surface area contributed by atoms with Crippen LogP contribution in [0.2, 0.25) is 0 Å². The van der Waals surface area contributed by atoms with Crippen molar-refractivity contribution in [2.45, 2.75) is 46.4 Å². The topological polar surface area (TPSA) is 68.1 Å². The fraction of sp³-hybridized carbons (Fsp3) is 0.435. The van der Waals surface area contributed by atoms with Crippen LogP contribution in [0.4, 0.5) is 16.0 Å². The second kappa shape index (κ2) is 9.11. The van der Waals surface area contributed by atoms with Gasteiger partial charge in [-0.25, -0.2) is 14.4 Å². The predicted molar refractivity (Wildman–Crippen MR) is 118 cm³/mol. The van der Waals surface area contributed by atoms with E-state index in [1.807, 2.05) is 18.2 Å². The lowest BCUT2D eigenvalue weighted by atomic mass is 10.1. The van der Waals surface area contributed by atoms with E-state index in [4.69, 9.17) is 14.8 Å². The Labute approximate surface area is 182 Å². The molecule has 0 bridgehead atoms. The van der Waals surface area contributed by atoms with Crippen LogP contribution in [-0.4, -0.2) is 44.3 Å². The van der Waals surface area contributed by atoms with Gasteiger partial charge < -0.3 is 10.1 Å². The quantitative estimate of drug-likeness (QED) is 0.635. The van der Waals surface area contributed by atoms with Gasteiger partial charge in [-0.15, -0.1) is 0 Å². The van der Waals surface area contributed by atoms with E-state index in [1.165, 1.54) is 23.5 Å². The second-order valence-electron chi connectivity index (χ2n) is 8.22. The number of halogens is 1. The Bertz CT molecular complexity index is 1030. The van der Waals surface area contributed by atoms with Gasteiger partial charge in [0.25, 0.3) is 0 Å². The third-order valence-electron chi connectivity index (χ3n) is 5.58. The Morgan fingerprint density at radius 3 is 2.74 bits per heavy atom. The molecule has 164 valence electrons. The van der Waals surface area contributed by atoms with Crippen LogP contribution in [0, 0.1) is 19.7 Å². The van der Waals surface area contributed by atoms with Gasteiger partial charge in [-0.2, -0.15) is 5.10 Å². The summed E-state index contributed by atoms with van der Waals surface area (Å²) in [4.78, 5) is 11.1. The molecule has 3 aromatic heterocycles. The number of rotatable bonds is 6. The molecule has 1 aliphatic rings. The number of nitrogens with zero attached hydrogens (tertiary/aromatic N) is 5. The van der Waals surface area contributed by atoms with Crippen molar-refractivity contribution in [1.29, 1.82) is 0 Å². The third-order valence-corrected chi connectivity index (χ3v) is 5.58. The zero-order valence-electron chi connectivity index (χ0n) is 18.5. The summed E-state index contributed by atoms with van der Waals surface area (Å²) in [6.45, 7) is 11.7. The molecular formula is C23H29FN6O. The number of aromatic nitrogens is 4. The highest BCUT2D eigenvalue weighted by Crippen LogP contribution is 2.26. The van der Waals surface area contributed by atoms with Crippen LogP contribution in [0.3, 0.4) is 0 Å². The minimum Gasteiger partial charge on any atom is -0.369 e. The molecule has 0 saturated carbocycles. The zero-order valence-corrected chi connectivity index (χ0v) is 18.5. The van der Waals surface area contributed by atoms with Crippen molar-refractivity contribution >= 4 is 11.6 Å². The average Bonchev–Trinajstić information content (AvgIpc) is 3.04. The van der Waals surface area contributed by atoms with Crippen LogP contribution in [0.1, 0.15) is 48.6 Å². The molecule has 0 radical (unpaired) electrons. The van der Waals surface area contributed by atoms with Crippen molar-refractivity contribution in [2.75, 3.05) is 25.0 Å². The number of morpholine rings is 1. The highest BCUT2D eigenvalue weighted by Gasteiger charge is 2.25. The summed E-state index contributed by atoms with van der Waals surface area (Å²) in [6, 6.07) is 9.08. The standard InChI is InChI=1S/C23H29FN6O/c1-15(2)30-17(4)19(16(3)28-30)13-29-10-11-31-21(14-29)20-6-5-7-23(26-20)27-22-9-8-18(24)12-25-22/h5-9,12,15,21H,10-11,13-14H2,1-4H3,(H,25,26,27). The van der Waals surface area contributed by atoms with Crippen molar-refractivity contribution in [3.05, 3.63) is 65.0 Å². The molecule has 4 rings (SSSR count). The van der Waals surface area contributed by atoms with E-state index in [9.17, 15) is 4.39 Å². The maximum Gasteiger partial charge on any atom is 0.141 e. The lowest BCUT2D eigenvalue weighted by Crippen LogP contribution is -2.38. The Kier molecular flexibility index (Phi) is 6.29. The Balaban J connectivity index is 1.46. The molecule has 1 unspecified atom stereocenters. The summed E-state index contributed by atoms with van der Waals surface area (Å²) in [7, 11) is 0. The summed E-state index contributed by atoms with van der Waals surface area (Å²) in [5.41, 5.74) is 4.47. The number of pyridine rings is 2. The van der Waals surface area contributed by atoms with Gasteiger partial charge in [0.15, 0.2) is 0 Å². The van der Waals surface area contributed by atoms with E-state index in [2.05, 4.69) is 47.6 Å². The first-order valence-corrected chi connectivity index (χ1v) is 10.6. The van der Waals surface area contributed by atoms with E-state index in [1.54, 1.807) is 6.07 Å². The fourth-order valence-corrected chi connectivity index (χ4v) is 3.96. The van der Waals surface area contributed by atoms with Gasteiger partial charge in [0.1, 0.15) is 23.6 Å². The molecule has 1 aliphatic heterocycles. The molecule has 1 atom stereocenters. The maximum atomic E-state index is 13.1. The molecule has 7 nitrogen and oxygen atoms in total. The number of hydrogen-bond acceptors (Lipinski definition) is 6. The normalized spacial score (nSPS) is 17.3. The first-order chi connectivity index (χ1) is 14.9. The number of aryl methyl sites for hydroxylation is 1. The fourth-order valence-electron chi connectivity index (χ4n) is 3.96. The van der Waals surface area contributed by atoms with Gasteiger partial charge in [-0.1, -0.05) is 6.07 Å². The van der Waals surface area contributed by atoms with Crippen LogP contribution in [0.25, 0.3) is 0 Å². The Hall–Kier alpha value is -2.84. The summed E-state index contributed by atoms with van der Waals surface area (Å²) >= 11 is 0. The first kappa shape index (κ1) is 21.4. The van der Waals surface area contributed by atoms with E-state index >= 15 is 0 Å². The highest BCUT2D eigenvalue weighted by atomic mass is 19.1. The summed E-state index contributed by atoms with van der Waals surface area (Å²) in [5, 5.41) is 7.84. The maximum absolute atomic E-state index is 13.1. The van der Waals surface area contributed by atoms with Crippen LogP contribution in [0.15, 0.2) is 36.5 Å². The molecule has 0 amide bonds. The van der Waals surface area contributed by atoms with Gasteiger partial charge in [-0.3, -0.25) is 9.58 Å². The molecule has 0 spiro atoms. The predicted octanol–water partition coefficient (Wildman–Crippen LogP) is 4.33. The van der Waals surface area contributed by atoms with Gasteiger partial charge in [-0.05, 0) is 52.0 Å². The summed E-state index contributed by atoms with van der Waals surface area (Å²) < 4.78 is 21.2. The number of ether oxygens (including phenoxy) is 1. The van der Waals surface area contributed by atoms with Gasteiger partial charge in [0.2, 0.25) is 0 Å². The molecule has 0 aromatic carbocycles. The lowest BCUT2D eigenvalue weighted by Gasteiger charge is -2.32. The van der Waals surface area contributed by atoms with Crippen LogP contribution in [0.5, 0.6) is 0 Å². The summed E-state index contributed by atoms with van der Waals surface area (Å²) in [6.07, 6.45) is 1.07. The van der Waals surface area contributed by atoms with Crippen molar-refractivity contribution in [3.8, 4) is 0 Å². The molecular weight excluding hydrogens is 395 g/mol. The molecule has 1 saturated heterocycles. The largest absolute Gasteiger partial charge is 0.369 e. The molecule has 3 aromatic rings. The van der Waals surface area contributed by atoms with Crippen LogP contribution < -0.4 is 5.32 Å². The van der Waals surface area contributed by atoms with Crippen LogP contribution in [-0.2, 0) is 11.3 Å². The number of hydrogen-bond donors (Lipinski definition) is 1. The minimum absolute atomic E-state index is 0.113. The SMILES string of the molecule is Cc1nn(C(C)C)c(C)c1CN1CCOC(c2cccc(Nc3ccc(F)cn3)n2)C1. The Morgan fingerprint density at radius 2 is 2.03 bits per heavy atom. The Morgan fingerprint density at radius 1 is 1.19 bits per heavy atom. The third kappa shape index (κ3) is 4.91. The van der Waals surface area contributed by atoms with Crippen molar-refractivity contribution < 1.29 is 9.13 Å². The second-order valence-corrected chi connectivity index (χ2v) is 8.22. The molecule has 8 heteroatoms. The smallest absolute Gasteiger partial charge is 0.141 e. The minimum atomic E-state index is -0.368. The highest BCUT2D eigenvalue weighted by molar-refractivity contribution is 5.51. The zero-order chi connectivity index (χ0) is 22.0. The van der Waals surface area contributed by atoms with Crippen LogP contribution >= 0.6 is 0 Å². The number of anilines is 2. The monoisotopic (exact) mass is 424 g/mol. The van der Waals surface area contributed by atoms with Gasteiger partial charge in [0, 0.05) is 36.9 Å². The van der Waals surface area contributed by atoms with Crippen molar-refractivity contribution in [3.63, 3.8) is 0 Å². The van der Waals surface area contributed by atoms with E-state index < -0.39 is 0 Å². The summed E-state index contributed by atoms with van der Waals surface area (Å²) in [5.74, 6) is 0.833. The molecule has 0 aliphatic carbocycles. The lowest BCUT2D eigenvalue weighted by molar-refractivity contribution is -0.0350. The van der Waals surface area contributed by atoms with Crippen molar-refractivity contribution in [2.24, 2.45) is 0 Å². The van der Waals surface area contributed by atoms with E-state index in [0.29, 0.717) is 24.3 Å². The van der Waals surface area contributed by atoms with Gasteiger partial charge >= 0.3 is 0 Å². The van der Waals surface area contributed by atoms with E-state index in [0.717, 1.165) is 31.0 Å².